The molecule has 0 radical (unpaired) electrons. The monoisotopic (exact) mass is 803 g/mol. The molecule has 18 heteroatoms. The number of rotatable bonds is 18. The van der Waals surface area contributed by atoms with Gasteiger partial charge in [-0.3, -0.25) is 28.8 Å². The molecule has 3 rings (SSSR count). The summed E-state index contributed by atoms with van der Waals surface area (Å²) >= 11 is 0. The molecule has 15 nitrogen and oxygen atoms in total. The SMILES string of the molecule is NCCCC[C@@H]1NC(=O)[C@H](CCCCN)NC(=O)[C@@H](N)CC=CC[C@@H](C(=O)N[C@@H](Cc2ccc(O)cc2)C(=O)C[C@@H](Cc2cc(F)c(F)cc2F)C(=O)O)NC1=O. The first-order valence-corrected chi connectivity index (χ1v) is 18.8. The maximum atomic E-state index is 14.5. The predicted octanol–water partition coefficient (Wildman–Crippen LogP) is 1.13. The molecule has 57 heavy (non-hydrogen) atoms. The molecule has 0 bridgehead atoms. The standard InChI is InChI=1S/C39H52F3N7O8/c40-26-21-28(42)27(41)19-23(26)18-24(39(56)57)20-34(51)33(17-22-11-13-25(50)14-12-22)49-38(55)31-8-2-1-7-29(45)35(52)46-30(9-3-5-15-43)36(53)48-32(37(54)47-31)10-4-6-16-44/h1-2,11-14,19,21,24,29-33,50H,3-10,15-18,20,43-45H2,(H,46,52)(H,47,54)(H,48,53)(H,49,55)(H,56,57)/t24-,29+,30+,31+,32+,33+/m1/s1. The van der Waals surface area contributed by atoms with Crippen LogP contribution in [0.3, 0.4) is 0 Å². The van der Waals surface area contributed by atoms with Gasteiger partial charge in [0.05, 0.1) is 18.0 Å². The lowest BCUT2D eigenvalue weighted by molar-refractivity contribution is -0.144. The number of nitrogens with one attached hydrogen (secondary N) is 4. The number of carbonyl (C=O) groups is 6. The zero-order chi connectivity index (χ0) is 42.1. The third-order valence-electron chi connectivity index (χ3n) is 9.49. The third kappa shape index (κ3) is 14.9. The van der Waals surface area contributed by atoms with Crippen LogP contribution in [-0.4, -0.2) is 88.9 Å². The number of phenolic OH excluding ortho intramolecular Hbond substituents is 1. The summed E-state index contributed by atoms with van der Waals surface area (Å²) < 4.78 is 42.0. The normalized spacial score (nSPS) is 20.4. The average molecular weight is 804 g/mol. The number of carboxylic acid groups (broad SMARTS) is 1. The number of ketones is 1. The number of hydrogen-bond acceptors (Lipinski definition) is 10. The van der Waals surface area contributed by atoms with E-state index in [4.69, 9.17) is 17.2 Å². The number of unbranched alkanes of at least 4 members (excludes halogenated alkanes) is 2. The summed E-state index contributed by atoms with van der Waals surface area (Å²) in [6, 6.07) is 0.321. The summed E-state index contributed by atoms with van der Waals surface area (Å²) in [4.78, 5) is 80.4. The Labute approximate surface area is 328 Å². The van der Waals surface area contributed by atoms with Gasteiger partial charge in [-0.2, -0.15) is 0 Å². The van der Waals surface area contributed by atoms with Crippen molar-refractivity contribution in [3.8, 4) is 5.75 Å². The van der Waals surface area contributed by atoms with Gasteiger partial charge in [0.1, 0.15) is 29.7 Å². The van der Waals surface area contributed by atoms with Crippen LogP contribution in [0.25, 0.3) is 0 Å². The molecular formula is C39H52F3N7O8. The van der Waals surface area contributed by atoms with Crippen molar-refractivity contribution < 1.29 is 52.2 Å². The van der Waals surface area contributed by atoms with Crippen LogP contribution < -0.4 is 38.5 Å². The minimum Gasteiger partial charge on any atom is -0.508 e. The van der Waals surface area contributed by atoms with Crippen LogP contribution in [0, 0.1) is 23.4 Å². The molecule has 2 aromatic rings. The lowest BCUT2D eigenvalue weighted by Crippen LogP contribution is -2.58. The van der Waals surface area contributed by atoms with Gasteiger partial charge in [-0.05, 0) is 107 Å². The van der Waals surface area contributed by atoms with Crippen LogP contribution in [0.15, 0.2) is 48.6 Å². The van der Waals surface area contributed by atoms with E-state index in [2.05, 4.69) is 21.3 Å². The number of hydrogen-bond donors (Lipinski definition) is 9. The van der Waals surface area contributed by atoms with E-state index in [0.29, 0.717) is 50.4 Å². The second-order valence-corrected chi connectivity index (χ2v) is 14.0. The van der Waals surface area contributed by atoms with Crippen molar-refractivity contribution >= 4 is 35.4 Å². The van der Waals surface area contributed by atoms with Crippen molar-refractivity contribution in [2.45, 2.75) is 101 Å². The molecule has 0 spiro atoms. The summed E-state index contributed by atoms with van der Waals surface area (Å²) in [6.07, 6.45) is 3.57. The van der Waals surface area contributed by atoms with E-state index < -0.39 is 107 Å². The number of halogens is 3. The maximum absolute atomic E-state index is 14.5. The Morgan fingerprint density at radius 1 is 0.772 bits per heavy atom. The minimum atomic E-state index is -1.62. The lowest BCUT2D eigenvalue weighted by Gasteiger charge is -2.27. The Morgan fingerprint density at radius 2 is 1.33 bits per heavy atom. The Hall–Kier alpha value is -5.33. The maximum Gasteiger partial charge on any atom is 0.307 e. The Bertz CT molecular complexity index is 1750. The van der Waals surface area contributed by atoms with Crippen molar-refractivity contribution in [3.63, 3.8) is 0 Å². The Kier molecular flexibility index (Phi) is 18.6. The molecule has 0 aromatic heterocycles. The predicted molar refractivity (Wildman–Crippen MR) is 202 cm³/mol. The van der Waals surface area contributed by atoms with Crippen LogP contribution in [0.5, 0.6) is 5.75 Å². The molecule has 0 unspecified atom stereocenters. The summed E-state index contributed by atoms with van der Waals surface area (Å²) in [5, 5.41) is 30.3. The largest absolute Gasteiger partial charge is 0.508 e. The molecule has 0 fully saturated rings. The van der Waals surface area contributed by atoms with E-state index in [9.17, 15) is 52.2 Å². The molecule has 0 saturated carbocycles. The topological polar surface area (TPSA) is 269 Å². The van der Waals surface area contributed by atoms with Crippen LogP contribution in [0.1, 0.15) is 68.9 Å². The number of aromatic hydroxyl groups is 1. The molecule has 1 heterocycles. The van der Waals surface area contributed by atoms with E-state index in [1.807, 2.05) is 0 Å². The second kappa shape index (κ2) is 23.0. The average Bonchev–Trinajstić information content (AvgIpc) is 3.16. The lowest BCUT2D eigenvalue weighted by atomic mass is 9.90. The van der Waals surface area contributed by atoms with Crippen molar-refractivity contribution in [1.82, 2.24) is 21.3 Å². The van der Waals surface area contributed by atoms with Gasteiger partial charge < -0.3 is 48.7 Å². The van der Waals surface area contributed by atoms with Crippen molar-refractivity contribution in [2.75, 3.05) is 13.1 Å². The number of carboxylic acids is 1. The van der Waals surface area contributed by atoms with Gasteiger partial charge in [-0.25, -0.2) is 13.2 Å². The fourth-order valence-corrected chi connectivity index (χ4v) is 6.16. The first-order valence-electron chi connectivity index (χ1n) is 18.8. The smallest absolute Gasteiger partial charge is 0.307 e. The number of benzene rings is 2. The molecule has 2 aromatic carbocycles. The number of nitrogens with two attached hydrogens (primary N) is 3. The minimum absolute atomic E-state index is 0.00403. The molecule has 1 aliphatic heterocycles. The van der Waals surface area contributed by atoms with Gasteiger partial charge in [0.2, 0.25) is 23.6 Å². The molecule has 0 aliphatic carbocycles. The molecule has 0 saturated heterocycles. The van der Waals surface area contributed by atoms with Gasteiger partial charge in [-0.15, -0.1) is 0 Å². The summed E-state index contributed by atoms with van der Waals surface area (Å²) in [6.45, 7) is 0.668. The first kappa shape index (κ1) is 46.1. The van der Waals surface area contributed by atoms with E-state index in [0.717, 1.165) is 0 Å². The quantitative estimate of drug-likeness (QED) is 0.0586. The molecule has 12 N–H and O–H groups in total. The van der Waals surface area contributed by atoms with Crippen molar-refractivity contribution in [2.24, 2.45) is 23.1 Å². The zero-order valence-electron chi connectivity index (χ0n) is 31.5. The van der Waals surface area contributed by atoms with E-state index in [1.165, 1.54) is 36.4 Å². The van der Waals surface area contributed by atoms with E-state index in [-0.39, 0.29) is 43.9 Å². The second-order valence-electron chi connectivity index (χ2n) is 14.0. The molecule has 4 amide bonds. The van der Waals surface area contributed by atoms with Gasteiger partial charge in [-0.1, -0.05) is 24.3 Å². The highest BCUT2D eigenvalue weighted by molar-refractivity contribution is 5.96. The van der Waals surface area contributed by atoms with Gasteiger partial charge in [0.15, 0.2) is 17.4 Å². The highest BCUT2D eigenvalue weighted by Crippen LogP contribution is 2.21. The van der Waals surface area contributed by atoms with Gasteiger partial charge in [0, 0.05) is 12.5 Å². The van der Waals surface area contributed by atoms with Crippen LogP contribution in [-0.2, 0) is 41.6 Å². The third-order valence-corrected chi connectivity index (χ3v) is 9.49. The molecule has 312 valence electrons. The highest BCUT2D eigenvalue weighted by atomic mass is 19.2. The zero-order valence-corrected chi connectivity index (χ0v) is 31.5. The van der Waals surface area contributed by atoms with Crippen LogP contribution >= 0.6 is 0 Å². The Morgan fingerprint density at radius 3 is 1.93 bits per heavy atom. The van der Waals surface area contributed by atoms with E-state index in [1.54, 1.807) is 0 Å². The van der Waals surface area contributed by atoms with Crippen LogP contribution in [0.2, 0.25) is 0 Å². The number of carbonyl (C=O) groups excluding carboxylic acids is 5. The number of amides is 4. The Balaban J connectivity index is 1.94. The fourth-order valence-electron chi connectivity index (χ4n) is 6.16. The van der Waals surface area contributed by atoms with Crippen molar-refractivity contribution in [1.29, 1.82) is 0 Å². The number of Topliss-reactive ketones (excluding diaryl/α,β-unsaturated/α-hetero) is 1. The van der Waals surface area contributed by atoms with Gasteiger partial charge in [0.25, 0.3) is 0 Å². The molecule has 1 aliphatic rings. The van der Waals surface area contributed by atoms with E-state index >= 15 is 0 Å². The molecular weight excluding hydrogens is 751 g/mol. The summed E-state index contributed by atoms with van der Waals surface area (Å²) in [5.41, 5.74) is 17.3. The van der Waals surface area contributed by atoms with Crippen molar-refractivity contribution in [3.05, 3.63) is 77.1 Å². The number of aliphatic carboxylic acids is 1. The van der Waals surface area contributed by atoms with Crippen LogP contribution in [0.4, 0.5) is 13.2 Å². The summed E-state index contributed by atoms with van der Waals surface area (Å²) in [5.74, 6) is -11.0. The summed E-state index contributed by atoms with van der Waals surface area (Å²) in [7, 11) is 0. The first-order chi connectivity index (χ1) is 27.1. The fraction of sp³-hybridized carbons (Fsp3) is 0.487. The van der Waals surface area contributed by atoms with Gasteiger partial charge >= 0.3 is 5.97 Å². The highest BCUT2D eigenvalue weighted by Gasteiger charge is 2.33. The number of phenols is 1. The molecule has 6 atom stereocenters.